The van der Waals surface area contributed by atoms with Crippen LogP contribution in [-0.4, -0.2) is 50.5 Å². The molecule has 0 aliphatic rings. The van der Waals surface area contributed by atoms with Gasteiger partial charge in [-0.1, -0.05) is 12.1 Å². The van der Waals surface area contributed by atoms with E-state index < -0.39 is 6.10 Å². The lowest BCUT2D eigenvalue weighted by Crippen LogP contribution is -2.30. The number of nitrogens with one attached hydrogen (secondary N) is 1. The third kappa shape index (κ3) is 6.29. The Kier molecular flexibility index (Phi) is 7.10. The number of nitrogens with zero attached hydrogens (tertiary/aromatic N) is 1. The molecule has 0 saturated heterocycles. The van der Waals surface area contributed by atoms with Crippen LogP contribution < -0.4 is 14.8 Å². The van der Waals surface area contributed by atoms with E-state index in [0.717, 1.165) is 17.2 Å². The van der Waals surface area contributed by atoms with E-state index >= 15 is 0 Å². The van der Waals surface area contributed by atoms with Crippen LogP contribution in [0, 0.1) is 0 Å². The highest BCUT2D eigenvalue weighted by atomic mass is 16.5. The van der Waals surface area contributed by atoms with Gasteiger partial charge in [-0.2, -0.15) is 0 Å². The standard InChI is InChI=1S/C20H28N2O3/c1-15(16-5-9-19(24-4)10-6-16)21-17-7-11-20(12-8-17)25-14-18(23)13-22(2)3/h5-12,15,18,21,23H,13-14H2,1-4H3. The molecule has 0 fully saturated rings. The summed E-state index contributed by atoms with van der Waals surface area (Å²) >= 11 is 0. The fourth-order valence-corrected chi connectivity index (χ4v) is 2.54. The van der Waals surface area contributed by atoms with Crippen molar-refractivity contribution in [3.05, 3.63) is 54.1 Å². The Morgan fingerprint density at radius 2 is 1.60 bits per heavy atom. The second-order valence-electron chi connectivity index (χ2n) is 6.39. The van der Waals surface area contributed by atoms with Gasteiger partial charge in [-0.05, 0) is 63.0 Å². The first kappa shape index (κ1) is 19.1. The van der Waals surface area contributed by atoms with Gasteiger partial charge in [0.1, 0.15) is 24.2 Å². The summed E-state index contributed by atoms with van der Waals surface area (Å²) in [6.45, 7) is 2.98. The Hall–Kier alpha value is -2.24. The summed E-state index contributed by atoms with van der Waals surface area (Å²) in [6, 6.07) is 16.0. The number of methoxy groups -OCH3 is 1. The lowest BCUT2D eigenvalue weighted by molar-refractivity contribution is 0.0831. The van der Waals surface area contributed by atoms with E-state index in [0.29, 0.717) is 6.54 Å². The van der Waals surface area contributed by atoms with Gasteiger partial charge in [-0.15, -0.1) is 0 Å². The number of aliphatic hydroxyl groups excluding tert-OH is 1. The third-order valence-corrected chi connectivity index (χ3v) is 3.87. The van der Waals surface area contributed by atoms with Gasteiger partial charge in [0.2, 0.25) is 0 Å². The van der Waals surface area contributed by atoms with Crippen LogP contribution in [0.1, 0.15) is 18.5 Å². The molecule has 0 aromatic heterocycles. The topological polar surface area (TPSA) is 54.0 Å². The van der Waals surface area contributed by atoms with Crippen LogP contribution in [0.3, 0.4) is 0 Å². The van der Waals surface area contributed by atoms with Crippen molar-refractivity contribution in [1.82, 2.24) is 4.90 Å². The number of benzene rings is 2. The zero-order valence-electron chi connectivity index (χ0n) is 15.4. The Balaban J connectivity index is 1.86. The number of rotatable bonds is 9. The van der Waals surface area contributed by atoms with Crippen LogP contribution in [0.25, 0.3) is 0 Å². The molecule has 2 unspecified atom stereocenters. The van der Waals surface area contributed by atoms with E-state index in [1.165, 1.54) is 5.56 Å². The predicted octanol–water partition coefficient (Wildman–Crippen LogP) is 3.17. The first-order chi connectivity index (χ1) is 12.0. The zero-order chi connectivity index (χ0) is 18.2. The molecule has 2 atom stereocenters. The summed E-state index contributed by atoms with van der Waals surface area (Å²) in [4.78, 5) is 1.93. The maximum Gasteiger partial charge on any atom is 0.119 e. The molecular formula is C20H28N2O3. The SMILES string of the molecule is COc1ccc(C(C)Nc2ccc(OCC(O)CN(C)C)cc2)cc1. The molecule has 2 aromatic rings. The van der Waals surface area contributed by atoms with Crippen molar-refractivity contribution in [1.29, 1.82) is 0 Å². The van der Waals surface area contributed by atoms with Gasteiger partial charge in [0.15, 0.2) is 0 Å². The Morgan fingerprint density at radius 3 is 2.16 bits per heavy atom. The van der Waals surface area contributed by atoms with Crippen LogP contribution in [0.15, 0.2) is 48.5 Å². The van der Waals surface area contributed by atoms with Crippen LogP contribution >= 0.6 is 0 Å². The maximum absolute atomic E-state index is 9.83. The summed E-state index contributed by atoms with van der Waals surface area (Å²) in [5.41, 5.74) is 2.21. The summed E-state index contributed by atoms with van der Waals surface area (Å²) in [5.74, 6) is 1.61. The molecule has 5 nitrogen and oxygen atoms in total. The average Bonchev–Trinajstić information content (AvgIpc) is 2.60. The van der Waals surface area contributed by atoms with Crippen molar-refractivity contribution in [2.45, 2.75) is 19.1 Å². The van der Waals surface area contributed by atoms with Crippen molar-refractivity contribution >= 4 is 5.69 Å². The fourth-order valence-electron chi connectivity index (χ4n) is 2.54. The Bertz CT molecular complexity index is 626. The number of hydrogen-bond donors (Lipinski definition) is 2. The number of ether oxygens (including phenoxy) is 2. The van der Waals surface area contributed by atoms with E-state index in [9.17, 15) is 5.11 Å². The summed E-state index contributed by atoms with van der Waals surface area (Å²) in [7, 11) is 5.52. The van der Waals surface area contributed by atoms with Crippen LogP contribution in [0.2, 0.25) is 0 Å². The highest BCUT2D eigenvalue weighted by Crippen LogP contribution is 2.23. The number of anilines is 1. The number of hydrogen-bond acceptors (Lipinski definition) is 5. The quantitative estimate of drug-likeness (QED) is 0.732. The molecule has 2 aromatic carbocycles. The third-order valence-electron chi connectivity index (χ3n) is 3.87. The monoisotopic (exact) mass is 344 g/mol. The second kappa shape index (κ2) is 9.30. The largest absolute Gasteiger partial charge is 0.497 e. The molecule has 2 rings (SSSR count). The van der Waals surface area contributed by atoms with Crippen LogP contribution in [0.4, 0.5) is 5.69 Å². The minimum Gasteiger partial charge on any atom is -0.497 e. The molecule has 25 heavy (non-hydrogen) atoms. The summed E-state index contributed by atoms with van der Waals surface area (Å²) in [6.07, 6.45) is -0.497. The Labute approximate surface area is 150 Å². The van der Waals surface area contributed by atoms with E-state index in [1.807, 2.05) is 55.4 Å². The molecule has 0 aliphatic carbocycles. The Morgan fingerprint density at radius 1 is 1.00 bits per heavy atom. The van der Waals surface area contributed by atoms with Crippen LogP contribution in [0.5, 0.6) is 11.5 Å². The maximum atomic E-state index is 9.83. The first-order valence-electron chi connectivity index (χ1n) is 8.44. The zero-order valence-corrected chi connectivity index (χ0v) is 15.4. The van der Waals surface area contributed by atoms with Gasteiger partial charge in [-0.25, -0.2) is 0 Å². The molecule has 0 aliphatic heterocycles. The van der Waals surface area contributed by atoms with Gasteiger partial charge in [0.05, 0.1) is 7.11 Å². The van der Waals surface area contributed by atoms with Gasteiger partial charge in [-0.3, -0.25) is 0 Å². The van der Waals surface area contributed by atoms with E-state index in [-0.39, 0.29) is 12.6 Å². The summed E-state index contributed by atoms with van der Waals surface area (Å²) in [5, 5.41) is 13.3. The molecule has 0 bridgehead atoms. The first-order valence-corrected chi connectivity index (χ1v) is 8.44. The van der Waals surface area contributed by atoms with Gasteiger partial charge in [0, 0.05) is 18.3 Å². The molecule has 136 valence electrons. The average molecular weight is 344 g/mol. The predicted molar refractivity (Wildman–Crippen MR) is 102 cm³/mol. The van der Waals surface area contributed by atoms with Crippen molar-refractivity contribution in [3.8, 4) is 11.5 Å². The lowest BCUT2D eigenvalue weighted by atomic mass is 10.1. The van der Waals surface area contributed by atoms with Gasteiger partial charge >= 0.3 is 0 Å². The molecule has 0 heterocycles. The van der Waals surface area contributed by atoms with Crippen molar-refractivity contribution < 1.29 is 14.6 Å². The second-order valence-corrected chi connectivity index (χ2v) is 6.39. The van der Waals surface area contributed by atoms with Crippen molar-refractivity contribution in [2.24, 2.45) is 0 Å². The van der Waals surface area contributed by atoms with E-state index in [4.69, 9.17) is 9.47 Å². The van der Waals surface area contributed by atoms with Crippen LogP contribution in [-0.2, 0) is 0 Å². The van der Waals surface area contributed by atoms with E-state index in [2.05, 4.69) is 24.4 Å². The molecule has 0 amide bonds. The van der Waals surface area contributed by atoms with Gasteiger partial charge in [0.25, 0.3) is 0 Å². The minimum absolute atomic E-state index is 0.180. The smallest absolute Gasteiger partial charge is 0.119 e. The molecule has 0 saturated carbocycles. The highest BCUT2D eigenvalue weighted by Gasteiger charge is 2.08. The summed E-state index contributed by atoms with van der Waals surface area (Å²) < 4.78 is 10.8. The van der Waals surface area contributed by atoms with Gasteiger partial charge < -0.3 is 24.8 Å². The molecule has 0 radical (unpaired) electrons. The van der Waals surface area contributed by atoms with E-state index in [1.54, 1.807) is 7.11 Å². The molecule has 5 heteroatoms. The highest BCUT2D eigenvalue weighted by molar-refractivity contribution is 5.48. The van der Waals surface area contributed by atoms with Crippen molar-refractivity contribution in [2.75, 3.05) is 39.7 Å². The molecule has 0 spiro atoms. The number of likely N-dealkylation sites (N-methyl/N-ethyl adjacent to an activating group) is 1. The molecular weight excluding hydrogens is 316 g/mol. The number of aliphatic hydroxyl groups is 1. The minimum atomic E-state index is -0.497. The normalized spacial score (nSPS) is 13.4. The fraction of sp³-hybridized carbons (Fsp3) is 0.400. The lowest BCUT2D eigenvalue weighted by Gasteiger charge is -2.18. The molecule has 2 N–H and O–H groups in total. The van der Waals surface area contributed by atoms with Crippen molar-refractivity contribution in [3.63, 3.8) is 0 Å².